The molecule has 4 rings (SSSR count). The summed E-state index contributed by atoms with van der Waals surface area (Å²) in [5, 5.41) is 12.0. The minimum atomic E-state index is -0.577. The molecular weight excluding hydrogens is 386 g/mol. The number of carbonyl (C=O) groups is 3. The van der Waals surface area contributed by atoms with Crippen LogP contribution < -0.4 is 10.1 Å². The van der Waals surface area contributed by atoms with Gasteiger partial charge in [0.1, 0.15) is 17.1 Å². The van der Waals surface area contributed by atoms with Crippen LogP contribution >= 0.6 is 0 Å². The van der Waals surface area contributed by atoms with Gasteiger partial charge in [0.05, 0.1) is 30.3 Å². The molecule has 1 aromatic heterocycles. The third-order valence-corrected chi connectivity index (χ3v) is 5.66. The molecule has 2 aliphatic rings. The van der Waals surface area contributed by atoms with Gasteiger partial charge in [-0.1, -0.05) is 11.6 Å². The highest BCUT2D eigenvalue weighted by Crippen LogP contribution is 2.39. The van der Waals surface area contributed by atoms with E-state index in [4.69, 9.17) is 4.74 Å². The number of fused-ring (bicyclic) bond motifs is 1. The van der Waals surface area contributed by atoms with Crippen molar-refractivity contribution in [3.8, 4) is 11.5 Å². The number of nitrogens with zero attached hydrogens (tertiary/aromatic N) is 2. The van der Waals surface area contributed by atoms with E-state index in [2.05, 4.69) is 10.3 Å². The molecule has 1 saturated heterocycles. The van der Waals surface area contributed by atoms with Crippen molar-refractivity contribution in [2.24, 2.45) is 0 Å². The molecule has 1 spiro atoms. The van der Waals surface area contributed by atoms with Crippen molar-refractivity contribution in [2.75, 3.05) is 19.6 Å². The quantitative estimate of drug-likeness (QED) is 0.801. The number of aromatic hydroxyl groups is 1. The van der Waals surface area contributed by atoms with Gasteiger partial charge in [-0.25, -0.2) is 0 Å². The number of likely N-dealkylation sites (tertiary alicyclic amines) is 1. The molecule has 2 aromatic rings. The van der Waals surface area contributed by atoms with Crippen molar-refractivity contribution in [1.29, 1.82) is 0 Å². The number of hydrogen-bond acceptors (Lipinski definition) is 6. The lowest BCUT2D eigenvalue weighted by Gasteiger charge is -2.44. The molecule has 0 radical (unpaired) electrons. The van der Waals surface area contributed by atoms with E-state index in [1.165, 1.54) is 18.5 Å². The van der Waals surface area contributed by atoms with Crippen LogP contribution in [-0.4, -0.2) is 57.8 Å². The normalized spacial score (nSPS) is 17.2. The van der Waals surface area contributed by atoms with Crippen molar-refractivity contribution in [1.82, 2.24) is 15.2 Å². The standard InChI is InChI=1S/C22H23N3O5/c1-14-2-3-19-17(8-14)18(27)10-22(30-19)4-6-25(7-5-22)20(28)13-24-21(29)15-9-16(26)12-23-11-15/h2-3,8-9,11-12,26H,4-7,10,13H2,1H3,(H,24,29). The summed E-state index contributed by atoms with van der Waals surface area (Å²) in [6.07, 6.45) is 3.97. The molecule has 8 nitrogen and oxygen atoms in total. The van der Waals surface area contributed by atoms with Crippen LogP contribution in [0.1, 0.15) is 45.5 Å². The number of Topliss-reactive ketones (excluding diaryl/α,β-unsaturated/α-hetero) is 1. The van der Waals surface area contributed by atoms with Crippen LogP contribution in [0.4, 0.5) is 0 Å². The Morgan fingerprint density at radius 3 is 2.73 bits per heavy atom. The second kappa shape index (κ2) is 7.78. The molecule has 156 valence electrons. The Morgan fingerprint density at radius 1 is 1.23 bits per heavy atom. The maximum Gasteiger partial charge on any atom is 0.253 e. The first-order chi connectivity index (χ1) is 14.3. The van der Waals surface area contributed by atoms with Crippen LogP contribution in [-0.2, 0) is 4.79 Å². The monoisotopic (exact) mass is 409 g/mol. The number of piperidine rings is 1. The second-order valence-electron chi connectivity index (χ2n) is 7.88. The molecule has 0 aliphatic carbocycles. The Kier molecular flexibility index (Phi) is 5.15. The summed E-state index contributed by atoms with van der Waals surface area (Å²) in [6.45, 7) is 2.70. The summed E-state index contributed by atoms with van der Waals surface area (Å²) in [7, 11) is 0. The van der Waals surface area contributed by atoms with Gasteiger partial charge in [0.2, 0.25) is 5.91 Å². The van der Waals surface area contributed by atoms with Gasteiger partial charge in [-0.05, 0) is 25.1 Å². The van der Waals surface area contributed by atoms with Crippen molar-refractivity contribution in [3.63, 3.8) is 0 Å². The predicted molar refractivity (Wildman–Crippen MR) is 108 cm³/mol. The molecule has 1 fully saturated rings. The van der Waals surface area contributed by atoms with Gasteiger partial charge in [0, 0.05) is 32.1 Å². The molecule has 2 amide bonds. The molecule has 0 saturated carbocycles. The van der Waals surface area contributed by atoms with Gasteiger partial charge in [0.15, 0.2) is 5.78 Å². The lowest BCUT2D eigenvalue weighted by molar-refractivity contribution is -0.133. The third-order valence-electron chi connectivity index (χ3n) is 5.66. The van der Waals surface area contributed by atoms with Crippen molar-refractivity contribution >= 4 is 17.6 Å². The van der Waals surface area contributed by atoms with E-state index in [1.54, 1.807) is 4.90 Å². The Morgan fingerprint density at radius 2 is 2.00 bits per heavy atom. The predicted octanol–water partition coefficient (Wildman–Crippen LogP) is 1.85. The van der Waals surface area contributed by atoms with E-state index in [1.807, 2.05) is 25.1 Å². The summed E-state index contributed by atoms with van der Waals surface area (Å²) >= 11 is 0. The van der Waals surface area contributed by atoms with Gasteiger partial charge in [-0.3, -0.25) is 19.4 Å². The van der Waals surface area contributed by atoms with Crippen LogP contribution in [0.2, 0.25) is 0 Å². The van der Waals surface area contributed by atoms with E-state index in [-0.39, 0.29) is 29.5 Å². The maximum absolute atomic E-state index is 12.6. The third kappa shape index (κ3) is 3.98. The van der Waals surface area contributed by atoms with Crippen molar-refractivity contribution in [2.45, 2.75) is 31.8 Å². The number of ether oxygens (including phenoxy) is 1. The molecule has 3 heterocycles. The SMILES string of the molecule is Cc1ccc2c(c1)C(=O)CC1(CCN(C(=O)CNC(=O)c3cncc(O)c3)CC1)O2. The summed E-state index contributed by atoms with van der Waals surface area (Å²) in [4.78, 5) is 42.7. The molecule has 30 heavy (non-hydrogen) atoms. The van der Waals surface area contributed by atoms with E-state index < -0.39 is 11.5 Å². The number of hydrogen-bond donors (Lipinski definition) is 2. The zero-order valence-corrected chi connectivity index (χ0v) is 16.7. The van der Waals surface area contributed by atoms with Gasteiger partial charge in [-0.15, -0.1) is 0 Å². The molecule has 1 aromatic carbocycles. The zero-order chi connectivity index (χ0) is 21.3. The average molecular weight is 409 g/mol. The highest BCUT2D eigenvalue weighted by Gasteiger charge is 2.43. The van der Waals surface area contributed by atoms with Gasteiger partial charge < -0.3 is 20.1 Å². The number of aryl methyl sites for hydroxylation is 1. The Labute approximate surface area is 173 Å². The van der Waals surface area contributed by atoms with Crippen molar-refractivity contribution in [3.05, 3.63) is 53.3 Å². The lowest BCUT2D eigenvalue weighted by atomic mass is 9.82. The average Bonchev–Trinajstić information content (AvgIpc) is 2.73. The fourth-order valence-electron chi connectivity index (χ4n) is 3.97. The summed E-state index contributed by atoms with van der Waals surface area (Å²) in [6, 6.07) is 6.91. The molecule has 2 N–H and O–H groups in total. The number of carbonyl (C=O) groups excluding carboxylic acids is 3. The number of aromatic nitrogens is 1. The number of rotatable bonds is 3. The Bertz CT molecular complexity index is 1010. The Hall–Kier alpha value is -3.42. The smallest absolute Gasteiger partial charge is 0.253 e. The fourth-order valence-corrected chi connectivity index (χ4v) is 3.97. The van der Waals surface area contributed by atoms with E-state index in [0.717, 1.165) is 5.56 Å². The van der Waals surface area contributed by atoms with E-state index in [9.17, 15) is 19.5 Å². The van der Waals surface area contributed by atoms with Gasteiger partial charge in [-0.2, -0.15) is 0 Å². The van der Waals surface area contributed by atoms with E-state index >= 15 is 0 Å². The largest absolute Gasteiger partial charge is 0.506 e. The zero-order valence-electron chi connectivity index (χ0n) is 16.7. The number of pyridine rings is 1. The van der Waals surface area contributed by atoms with Gasteiger partial charge in [0.25, 0.3) is 5.91 Å². The minimum Gasteiger partial charge on any atom is -0.506 e. The number of ketones is 1. The molecule has 8 heteroatoms. The molecule has 2 aliphatic heterocycles. The first kappa shape index (κ1) is 19.9. The van der Waals surface area contributed by atoms with Crippen LogP contribution in [0.15, 0.2) is 36.7 Å². The van der Waals surface area contributed by atoms with Crippen LogP contribution in [0.5, 0.6) is 11.5 Å². The molecule has 0 atom stereocenters. The van der Waals surface area contributed by atoms with E-state index in [0.29, 0.717) is 43.7 Å². The maximum atomic E-state index is 12.6. The van der Waals surface area contributed by atoms with Crippen molar-refractivity contribution < 1.29 is 24.2 Å². The molecule has 0 unspecified atom stereocenters. The summed E-state index contributed by atoms with van der Waals surface area (Å²) in [5.74, 6) is -0.109. The summed E-state index contributed by atoms with van der Waals surface area (Å²) in [5.41, 5.74) is 1.25. The lowest BCUT2D eigenvalue weighted by Crippen LogP contribution is -2.53. The van der Waals surface area contributed by atoms with Crippen LogP contribution in [0.25, 0.3) is 0 Å². The highest BCUT2D eigenvalue weighted by molar-refractivity contribution is 6.00. The topological polar surface area (TPSA) is 109 Å². The highest BCUT2D eigenvalue weighted by atomic mass is 16.5. The van der Waals surface area contributed by atoms with Crippen LogP contribution in [0, 0.1) is 6.92 Å². The molecular formula is C22H23N3O5. The van der Waals surface area contributed by atoms with Crippen LogP contribution in [0.3, 0.4) is 0 Å². The number of nitrogens with one attached hydrogen (secondary N) is 1. The first-order valence-corrected chi connectivity index (χ1v) is 9.88. The molecule has 0 bridgehead atoms. The Balaban J connectivity index is 1.33. The summed E-state index contributed by atoms with van der Waals surface area (Å²) < 4.78 is 6.22. The fraction of sp³-hybridized carbons (Fsp3) is 0.364. The minimum absolute atomic E-state index is 0.0757. The first-order valence-electron chi connectivity index (χ1n) is 9.88. The number of benzene rings is 1. The van der Waals surface area contributed by atoms with Gasteiger partial charge >= 0.3 is 0 Å². The second-order valence-corrected chi connectivity index (χ2v) is 7.88. The number of amides is 2.